The van der Waals surface area contributed by atoms with Crippen LogP contribution in [0.15, 0.2) is 23.3 Å². The second-order valence-electron chi connectivity index (χ2n) is 3.02. The van der Waals surface area contributed by atoms with Gasteiger partial charge in [-0.1, -0.05) is 0 Å². The van der Waals surface area contributed by atoms with Gasteiger partial charge < -0.3 is 9.72 Å². The molecule has 0 aliphatic heterocycles. The lowest BCUT2D eigenvalue weighted by Crippen LogP contribution is -2.03. The maximum Gasteiger partial charge on any atom is 0.218 e. The Bertz CT molecular complexity index is 531. The molecule has 72 valence electrons. The van der Waals surface area contributed by atoms with E-state index in [2.05, 4.69) is 9.97 Å². The van der Waals surface area contributed by atoms with Crippen LogP contribution in [0.5, 0.6) is 5.88 Å². The summed E-state index contributed by atoms with van der Waals surface area (Å²) in [6.07, 6.45) is 3.15. The smallest absolute Gasteiger partial charge is 0.218 e. The van der Waals surface area contributed by atoms with E-state index >= 15 is 0 Å². The molecule has 0 atom stereocenters. The molecule has 2 aromatic rings. The quantitative estimate of drug-likeness (QED) is 0.736. The van der Waals surface area contributed by atoms with Crippen molar-refractivity contribution >= 4 is 10.9 Å². The summed E-state index contributed by atoms with van der Waals surface area (Å²) in [7, 11) is 1.56. The topological polar surface area (TPSA) is 55.0 Å². The molecule has 2 aromatic heterocycles. The first-order valence-corrected chi connectivity index (χ1v) is 4.25. The van der Waals surface area contributed by atoms with E-state index in [1.165, 1.54) is 12.3 Å². The van der Waals surface area contributed by atoms with Gasteiger partial charge in [0.1, 0.15) is 0 Å². The number of nitrogens with zero attached hydrogens (tertiary/aromatic N) is 1. The molecular formula is C10H10N2O2. The fourth-order valence-electron chi connectivity index (χ4n) is 1.46. The Hall–Kier alpha value is -1.84. The maximum atomic E-state index is 11.4. The first kappa shape index (κ1) is 8.74. The third-order valence-corrected chi connectivity index (χ3v) is 2.20. The van der Waals surface area contributed by atoms with Crippen molar-refractivity contribution in [3.63, 3.8) is 0 Å². The molecule has 2 heterocycles. The normalized spacial score (nSPS) is 10.4. The van der Waals surface area contributed by atoms with Crippen LogP contribution >= 0.6 is 0 Å². The Kier molecular flexibility index (Phi) is 1.96. The molecule has 0 amide bonds. The molecule has 0 aromatic carbocycles. The van der Waals surface area contributed by atoms with Gasteiger partial charge in [-0.05, 0) is 6.92 Å². The van der Waals surface area contributed by atoms with Gasteiger partial charge in [0.2, 0.25) is 5.88 Å². The molecule has 0 saturated carbocycles. The van der Waals surface area contributed by atoms with E-state index in [0.717, 1.165) is 11.1 Å². The molecule has 0 radical (unpaired) electrons. The van der Waals surface area contributed by atoms with Crippen molar-refractivity contribution in [3.05, 3.63) is 34.2 Å². The molecular weight excluding hydrogens is 180 g/mol. The summed E-state index contributed by atoms with van der Waals surface area (Å²) in [4.78, 5) is 18.5. The fraction of sp³-hybridized carbons (Fsp3) is 0.200. The summed E-state index contributed by atoms with van der Waals surface area (Å²) < 4.78 is 5.06. The number of fused-ring (bicyclic) bond motifs is 1. The van der Waals surface area contributed by atoms with Crippen LogP contribution in [0.3, 0.4) is 0 Å². The van der Waals surface area contributed by atoms with Gasteiger partial charge in [0.25, 0.3) is 0 Å². The minimum Gasteiger partial charge on any atom is -0.481 e. The van der Waals surface area contributed by atoms with Gasteiger partial charge in [-0.25, -0.2) is 4.98 Å². The van der Waals surface area contributed by atoms with Crippen molar-refractivity contribution < 1.29 is 4.74 Å². The Morgan fingerprint density at radius 2 is 2.29 bits per heavy atom. The number of aromatic nitrogens is 2. The van der Waals surface area contributed by atoms with Gasteiger partial charge in [-0.2, -0.15) is 0 Å². The highest BCUT2D eigenvalue weighted by molar-refractivity contribution is 5.81. The SMILES string of the molecule is COc1ncc2c(=O)cc[nH]c2c1C. The van der Waals surface area contributed by atoms with Crippen LogP contribution in [0.4, 0.5) is 0 Å². The number of methoxy groups -OCH3 is 1. The van der Waals surface area contributed by atoms with Gasteiger partial charge in [0.05, 0.1) is 18.0 Å². The van der Waals surface area contributed by atoms with E-state index in [9.17, 15) is 4.79 Å². The van der Waals surface area contributed by atoms with Gasteiger partial charge >= 0.3 is 0 Å². The van der Waals surface area contributed by atoms with E-state index in [1.54, 1.807) is 13.3 Å². The van der Waals surface area contributed by atoms with Crippen molar-refractivity contribution in [1.29, 1.82) is 0 Å². The van der Waals surface area contributed by atoms with Crippen LogP contribution in [0.1, 0.15) is 5.56 Å². The highest BCUT2D eigenvalue weighted by atomic mass is 16.5. The zero-order valence-corrected chi connectivity index (χ0v) is 8.00. The van der Waals surface area contributed by atoms with Crippen LogP contribution < -0.4 is 10.2 Å². The van der Waals surface area contributed by atoms with Crippen molar-refractivity contribution in [2.24, 2.45) is 0 Å². The second kappa shape index (κ2) is 3.14. The predicted octanol–water partition coefficient (Wildman–Crippen LogP) is 1.24. The number of rotatable bonds is 1. The Balaban J connectivity index is 2.91. The second-order valence-corrected chi connectivity index (χ2v) is 3.02. The first-order valence-electron chi connectivity index (χ1n) is 4.25. The average molecular weight is 190 g/mol. The van der Waals surface area contributed by atoms with Crippen LogP contribution in [0, 0.1) is 6.92 Å². The maximum absolute atomic E-state index is 11.4. The Morgan fingerprint density at radius 1 is 1.50 bits per heavy atom. The summed E-state index contributed by atoms with van der Waals surface area (Å²) >= 11 is 0. The molecule has 0 saturated heterocycles. The molecule has 0 bridgehead atoms. The summed E-state index contributed by atoms with van der Waals surface area (Å²) in [6, 6.07) is 1.48. The lowest BCUT2D eigenvalue weighted by atomic mass is 10.2. The van der Waals surface area contributed by atoms with Gasteiger partial charge in [0, 0.05) is 24.0 Å². The summed E-state index contributed by atoms with van der Waals surface area (Å²) in [5, 5.41) is 0.589. The van der Waals surface area contributed by atoms with Crippen molar-refractivity contribution in [3.8, 4) is 5.88 Å². The summed E-state index contributed by atoms with van der Waals surface area (Å²) in [5.41, 5.74) is 1.60. The minimum atomic E-state index is -0.0306. The average Bonchev–Trinajstić information content (AvgIpc) is 2.20. The highest BCUT2D eigenvalue weighted by Gasteiger charge is 2.06. The number of hydrogen-bond donors (Lipinski definition) is 1. The molecule has 0 aliphatic rings. The number of nitrogens with one attached hydrogen (secondary N) is 1. The molecule has 0 unspecified atom stereocenters. The van der Waals surface area contributed by atoms with E-state index in [1.807, 2.05) is 6.92 Å². The summed E-state index contributed by atoms with van der Waals surface area (Å²) in [5.74, 6) is 0.541. The number of aryl methyl sites for hydroxylation is 1. The zero-order chi connectivity index (χ0) is 10.1. The standard InChI is InChI=1S/C10H10N2O2/c1-6-9-7(5-12-10(6)14-2)8(13)3-4-11-9/h3-5H,1-2H3,(H,11,13). The predicted molar refractivity (Wildman–Crippen MR) is 53.7 cm³/mol. The molecule has 4 nitrogen and oxygen atoms in total. The van der Waals surface area contributed by atoms with E-state index < -0.39 is 0 Å². The number of H-pyrrole nitrogens is 1. The zero-order valence-electron chi connectivity index (χ0n) is 8.00. The molecule has 0 fully saturated rings. The fourth-order valence-corrected chi connectivity index (χ4v) is 1.46. The number of ether oxygens (including phenoxy) is 1. The van der Waals surface area contributed by atoms with Crippen LogP contribution in [-0.4, -0.2) is 17.1 Å². The molecule has 4 heteroatoms. The molecule has 2 rings (SSSR count). The Morgan fingerprint density at radius 3 is 3.00 bits per heavy atom. The summed E-state index contributed by atoms with van der Waals surface area (Å²) in [6.45, 7) is 1.87. The van der Waals surface area contributed by atoms with Crippen LogP contribution in [-0.2, 0) is 0 Å². The molecule has 0 spiro atoms. The number of pyridine rings is 2. The van der Waals surface area contributed by atoms with Gasteiger partial charge in [-0.3, -0.25) is 4.79 Å². The van der Waals surface area contributed by atoms with Gasteiger partial charge in [0.15, 0.2) is 5.43 Å². The van der Waals surface area contributed by atoms with Crippen molar-refractivity contribution in [2.45, 2.75) is 6.92 Å². The van der Waals surface area contributed by atoms with Crippen molar-refractivity contribution in [1.82, 2.24) is 9.97 Å². The van der Waals surface area contributed by atoms with Crippen molar-refractivity contribution in [2.75, 3.05) is 7.11 Å². The number of hydrogen-bond acceptors (Lipinski definition) is 3. The molecule has 0 aliphatic carbocycles. The van der Waals surface area contributed by atoms with E-state index in [0.29, 0.717) is 11.3 Å². The Labute approximate surface area is 80.6 Å². The van der Waals surface area contributed by atoms with Crippen LogP contribution in [0.25, 0.3) is 10.9 Å². The van der Waals surface area contributed by atoms with Gasteiger partial charge in [-0.15, -0.1) is 0 Å². The third kappa shape index (κ3) is 1.16. The molecule has 1 N–H and O–H groups in total. The lowest BCUT2D eigenvalue weighted by molar-refractivity contribution is 0.395. The van der Waals surface area contributed by atoms with E-state index in [4.69, 9.17) is 4.74 Å². The first-order chi connectivity index (χ1) is 6.74. The third-order valence-electron chi connectivity index (χ3n) is 2.20. The number of aromatic amines is 1. The van der Waals surface area contributed by atoms with Crippen LogP contribution in [0.2, 0.25) is 0 Å². The monoisotopic (exact) mass is 190 g/mol. The highest BCUT2D eigenvalue weighted by Crippen LogP contribution is 2.19. The largest absolute Gasteiger partial charge is 0.481 e. The minimum absolute atomic E-state index is 0.0306. The van der Waals surface area contributed by atoms with E-state index in [-0.39, 0.29) is 5.43 Å². The molecule has 14 heavy (non-hydrogen) atoms. The lowest BCUT2D eigenvalue weighted by Gasteiger charge is -2.05.